The van der Waals surface area contributed by atoms with Crippen LogP contribution in [0.2, 0.25) is 0 Å². The topological polar surface area (TPSA) is 128 Å². The van der Waals surface area contributed by atoms with E-state index < -0.39 is 12.1 Å². The summed E-state index contributed by atoms with van der Waals surface area (Å²) in [7, 11) is 1.31. The molecule has 0 bridgehead atoms. The van der Waals surface area contributed by atoms with Crippen LogP contribution in [0, 0.1) is 5.92 Å². The first-order valence-corrected chi connectivity index (χ1v) is 16.6. The van der Waals surface area contributed by atoms with Gasteiger partial charge in [-0.2, -0.15) is 0 Å². The minimum atomic E-state index is -0.668. The normalized spacial score (nSPS) is 19.0. The molecule has 0 saturated carbocycles. The van der Waals surface area contributed by atoms with Crippen LogP contribution in [0.1, 0.15) is 63.3 Å². The molecule has 4 heterocycles. The zero-order chi connectivity index (χ0) is 32.2. The third kappa shape index (κ3) is 5.17. The molecule has 2 saturated heterocycles. The van der Waals surface area contributed by atoms with Crippen LogP contribution in [0.5, 0.6) is 0 Å². The Morgan fingerprint density at radius 1 is 0.894 bits per heavy atom. The number of alkyl carbamates (subject to hydrolysis) is 1. The highest BCUT2D eigenvalue weighted by atomic mass is 16.5. The van der Waals surface area contributed by atoms with Crippen LogP contribution in [-0.2, 0) is 9.53 Å². The second-order valence-electron chi connectivity index (χ2n) is 13.2. The Morgan fingerprint density at radius 3 is 2.40 bits per heavy atom. The van der Waals surface area contributed by atoms with Crippen molar-refractivity contribution in [3.8, 4) is 11.1 Å². The lowest BCUT2D eigenvalue weighted by Gasteiger charge is -2.29. The summed E-state index contributed by atoms with van der Waals surface area (Å²) >= 11 is 0. The molecule has 2 aliphatic heterocycles. The van der Waals surface area contributed by atoms with Crippen LogP contribution in [0.25, 0.3) is 54.7 Å². The molecule has 240 valence electrons. The second-order valence-corrected chi connectivity index (χ2v) is 13.2. The van der Waals surface area contributed by atoms with Gasteiger partial charge in [-0.15, -0.1) is 0 Å². The van der Waals surface area contributed by atoms with Gasteiger partial charge in [-0.3, -0.25) is 4.79 Å². The number of ether oxygens (including phenoxy) is 1. The lowest BCUT2D eigenvalue weighted by Crippen LogP contribution is -2.51. The molecule has 0 unspecified atom stereocenters. The van der Waals surface area contributed by atoms with Crippen LogP contribution in [0.15, 0.2) is 60.7 Å². The largest absolute Gasteiger partial charge is 0.453 e. The number of benzene rings is 4. The molecule has 2 aromatic heterocycles. The molecule has 3 atom stereocenters. The molecule has 6 aromatic rings. The van der Waals surface area contributed by atoms with Crippen LogP contribution in [0.3, 0.4) is 0 Å². The number of amides is 2. The molecule has 2 aliphatic rings. The highest BCUT2D eigenvalue weighted by molar-refractivity contribution is 6.07. The Kier molecular flexibility index (Phi) is 7.32. The highest BCUT2D eigenvalue weighted by Crippen LogP contribution is 2.36. The monoisotopic (exact) mass is 629 g/mol. The van der Waals surface area contributed by atoms with Gasteiger partial charge in [0.2, 0.25) is 5.91 Å². The number of aromatic amines is 2. The molecule has 2 fully saturated rings. The third-order valence-electron chi connectivity index (χ3n) is 9.94. The third-order valence-corrected chi connectivity index (χ3v) is 9.94. The Morgan fingerprint density at radius 2 is 1.66 bits per heavy atom. The van der Waals surface area contributed by atoms with Gasteiger partial charge in [-0.25, -0.2) is 14.8 Å². The van der Waals surface area contributed by atoms with E-state index in [0.29, 0.717) is 12.6 Å². The molecule has 2 amide bonds. The number of rotatable bonds is 6. The summed E-state index contributed by atoms with van der Waals surface area (Å²) in [6, 6.07) is 21.1. The zero-order valence-corrected chi connectivity index (χ0v) is 26.9. The summed E-state index contributed by atoms with van der Waals surface area (Å²) in [4.78, 5) is 44.5. The summed E-state index contributed by atoms with van der Waals surface area (Å²) in [6.07, 6.45) is 3.37. The number of methoxy groups -OCH3 is 1. The summed E-state index contributed by atoms with van der Waals surface area (Å²) in [6.45, 7) is 5.50. The van der Waals surface area contributed by atoms with Gasteiger partial charge in [0.25, 0.3) is 0 Å². The minimum Gasteiger partial charge on any atom is -0.453 e. The van der Waals surface area contributed by atoms with Crippen molar-refractivity contribution < 1.29 is 14.3 Å². The van der Waals surface area contributed by atoms with Gasteiger partial charge in [0, 0.05) is 17.3 Å². The number of aromatic nitrogens is 4. The van der Waals surface area contributed by atoms with Gasteiger partial charge in [0.1, 0.15) is 17.7 Å². The highest BCUT2D eigenvalue weighted by Gasteiger charge is 2.37. The lowest BCUT2D eigenvalue weighted by atomic mass is 9.98. The van der Waals surface area contributed by atoms with Crippen molar-refractivity contribution in [2.24, 2.45) is 5.92 Å². The van der Waals surface area contributed by atoms with Crippen molar-refractivity contribution in [3.63, 3.8) is 0 Å². The predicted octanol–water partition coefficient (Wildman–Crippen LogP) is 6.88. The van der Waals surface area contributed by atoms with E-state index in [4.69, 9.17) is 14.7 Å². The van der Waals surface area contributed by atoms with Crippen LogP contribution < -0.4 is 10.6 Å². The first-order valence-electron chi connectivity index (χ1n) is 16.6. The fourth-order valence-electron chi connectivity index (χ4n) is 7.44. The van der Waals surface area contributed by atoms with Crippen LogP contribution >= 0.6 is 0 Å². The number of carbonyl (C=O) groups is 2. The maximum Gasteiger partial charge on any atom is 0.407 e. The van der Waals surface area contributed by atoms with Gasteiger partial charge in [-0.1, -0.05) is 50.2 Å². The Hall–Kier alpha value is -4.96. The SMILES string of the molecule is COC(=O)N[C@H](C(=O)N1CCC[C@H]1c1nc2ccc3cc(-c4ccc5c(ccc6[nH]c([C@@H]7CCCN7)nc65)c4)ccc3c2[nH]1)C(C)C. The van der Waals surface area contributed by atoms with Gasteiger partial charge < -0.3 is 30.2 Å². The smallest absolute Gasteiger partial charge is 0.407 e. The molecule has 8 rings (SSSR count). The lowest BCUT2D eigenvalue weighted by molar-refractivity contribution is -0.135. The molecule has 0 radical (unpaired) electrons. The minimum absolute atomic E-state index is 0.0856. The maximum atomic E-state index is 13.6. The number of H-pyrrole nitrogens is 2. The summed E-state index contributed by atoms with van der Waals surface area (Å²) in [5, 5.41) is 10.8. The second kappa shape index (κ2) is 11.7. The van der Waals surface area contributed by atoms with Gasteiger partial charge in [0.05, 0.1) is 41.3 Å². The summed E-state index contributed by atoms with van der Waals surface area (Å²) < 4.78 is 4.78. The van der Waals surface area contributed by atoms with Gasteiger partial charge >= 0.3 is 6.09 Å². The fourth-order valence-corrected chi connectivity index (χ4v) is 7.44. The number of hydrogen-bond acceptors (Lipinski definition) is 6. The quantitative estimate of drug-likeness (QED) is 0.159. The van der Waals surface area contributed by atoms with E-state index >= 15 is 0 Å². The van der Waals surface area contributed by atoms with Crippen molar-refractivity contribution in [1.29, 1.82) is 0 Å². The van der Waals surface area contributed by atoms with E-state index in [2.05, 4.69) is 75.2 Å². The predicted molar refractivity (Wildman–Crippen MR) is 184 cm³/mol. The van der Waals surface area contributed by atoms with Crippen molar-refractivity contribution in [1.82, 2.24) is 35.5 Å². The van der Waals surface area contributed by atoms with E-state index in [-0.39, 0.29) is 17.9 Å². The average molecular weight is 630 g/mol. The number of hydrogen-bond donors (Lipinski definition) is 4. The first-order chi connectivity index (χ1) is 22.9. The molecule has 0 spiro atoms. The Bertz CT molecular complexity index is 2160. The number of nitrogens with one attached hydrogen (secondary N) is 4. The fraction of sp³-hybridized carbons (Fsp3) is 0.351. The Balaban J connectivity index is 1.09. The molecular weight excluding hydrogens is 590 g/mol. The van der Waals surface area contributed by atoms with Crippen molar-refractivity contribution in [3.05, 3.63) is 72.3 Å². The summed E-state index contributed by atoms with van der Waals surface area (Å²) in [5.41, 5.74) is 6.22. The number of likely N-dealkylation sites (tertiary alicyclic amines) is 1. The molecule has 4 N–H and O–H groups in total. The molecule has 10 nitrogen and oxygen atoms in total. The van der Waals surface area contributed by atoms with Crippen molar-refractivity contribution >= 4 is 55.6 Å². The van der Waals surface area contributed by atoms with E-state index in [9.17, 15) is 9.59 Å². The number of imidazole rings is 2. The van der Waals surface area contributed by atoms with E-state index in [0.717, 1.165) is 86.8 Å². The van der Waals surface area contributed by atoms with Crippen LogP contribution in [-0.4, -0.2) is 63.1 Å². The maximum absolute atomic E-state index is 13.6. The zero-order valence-electron chi connectivity index (χ0n) is 26.9. The Labute approximate surface area is 272 Å². The van der Waals surface area contributed by atoms with E-state index in [1.165, 1.54) is 18.9 Å². The van der Waals surface area contributed by atoms with Gasteiger partial charge in [0.15, 0.2) is 0 Å². The van der Waals surface area contributed by atoms with Gasteiger partial charge in [-0.05, 0) is 84.3 Å². The van der Waals surface area contributed by atoms with Crippen LogP contribution in [0.4, 0.5) is 4.79 Å². The number of carbonyl (C=O) groups excluding carboxylic acids is 2. The van der Waals surface area contributed by atoms with Crippen molar-refractivity contribution in [2.45, 2.75) is 57.7 Å². The number of nitrogens with zero attached hydrogens (tertiary/aromatic N) is 3. The van der Waals surface area contributed by atoms with E-state index in [1.54, 1.807) is 0 Å². The molecule has 0 aliphatic carbocycles. The molecule has 10 heteroatoms. The van der Waals surface area contributed by atoms with Crippen molar-refractivity contribution in [2.75, 3.05) is 20.2 Å². The number of fused-ring (bicyclic) bond motifs is 6. The summed E-state index contributed by atoms with van der Waals surface area (Å²) in [5.74, 6) is 1.60. The average Bonchev–Trinajstić information content (AvgIpc) is 3.91. The molecule has 4 aromatic carbocycles. The standard InChI is InChI=1S/C37H39N7O3/c1-20(2)31(43-37(46)47-3)36(45)44-17-5-7-30(44)35-40-28-15-11-24-19-22(9-13-26(24)33(28)42-35)21-8-12-25-23(18-21)10-14-27-32(25)41-34(39-27)29-6-4-16-38-29/h8-15,18-20,29-31,38H,4-7,16-17H2,1-3H3,(H,39,41)(H,40,42)(H,43,46)/t29-,30-,31-/m0/s1. The molecular formula is C37H39N7O3. The first kappa shape index (κ1) is 29.4. The van der Waals surface area contributed by atoms with E-state index in [1.807, 2.05) is 24.8 Å². The molecule has 47 heavy (non-hydrogen) atoms.